The monoisotopic (exact) mass is 345 g/mol. The number of hydrogen-bond donors (Lipinski definition) is 1. The van der Waals surface area contributed by atoms with Gasteiger partial charge in [0.05, 0.1) is 17.9 Å². The number of hydrogen-bond acceptors (Lipinski definition) is 5. The van der Waals surface area contributed by atoms with Crippen molar-refractivity contribution >= 4 is 22.4 Å². The summed E-state index contributed by atoms with van der Waals surface area (Å²) >= 11 is 1.47. The maximum Gasteiger partial charge on any atom is 0.257 e. The van der Waals surface area contributed by atoms with Gasteiger partial charge in [-0.1, -0.05) is 18.2 Å². The first-order chi connectivity index (χ1) is 11.5. The Morgan fingerprint density at radius 2 is 2.04 bits per heavy atom. The highest BCUT2D eigenvalue weighted by Gasteiger charge is 2.22. The zero-order chi connectivity index (χ0) is 17.1. The predicted molar refractivity (Wildman–Crippen MR) is 96.5 cm³/mol. The topological polar surface area (TPSA) is 54.5 Å². The average molecular weight is 345 g/mol. The zero-order valence-corrected chi connectivity index (χ0v) is 15.1. The molecule has 6 heteroatoms. The number of carbonyl (C=O) groups is 1. The van der Waals surface area contributed by atoms with Gasteiger partial charge in [-0.25, -0.2) is 4.98 Å². The summed E-state index contributed by atoms with van der Waals surface area (Å²) < 4.78 is 5.76. The summed E-state index contributed by atoms with van der Waals surface area (Å²) in [6.07, 6.45) is 0.486. The van der Waals surface area contributed by atoms with Crippen LogP contribution in [0.2, 0.25) is 0 Å². The molecule has 5 nitrogen and oxygen atoms in total. The van der Waals surface area contributed by atoms with Crippen molar-refractivity contribution in [3.63, 3.8) is 0 Å². The Bertz CT molecular complexity index is 706. The van der Waals surface area contributed by atoms with E-state index in [1.54, 1.807) is 0 Å². The van der Waals surface area contributed by atoms with E-state index in [1.807, 2.05) is 36.6 Å². The number of nitrogens with zero attached hydrogens (tertiary/aromatic N) is 2. The van der Waals surface area contributed by atoms with Gasteiger partial charge < -0.3 is 4.74 Å². The predicted octanol–water partition coefficient (Wildman–Crippen LogP) is 3.31. The van der Waals surface area contributed by atoms with E-state index in [1.165, 1.54) is 11.3 Å². The Hall–Kier alpha value is -1.76. The minimum atomic E-state index is -0.109. The van der Waals surface area contributed by atoms with Crippen LogP contribution in [0.3, 0.4) is 0 Å². The lowest BCUT2D eigenvalue weighted by molar-refractivity contribution is -0.0707. The molecule has 3 rings (SSSR count). The molecule has 0 radical (unpaired) electrons. The minimum absolute atomic E-state index is 0.109. The van der Waals surface area contributed by atoms with Crippen LogP contribution in [0, 0.1) is 6.92 Å². The summed E-state index contributed by atoms with van der Waals surface area (Å²) in [5, 5.41) is 5.56. The van der Waals surface area contributed by atoms with Crippen molar-refractivity contribution in [2.24, 2.45) is 0 Å². The molecular weight excluding hydrogens is 322 g/mol. The number of nitrogens with one attached hydrogen (secondary N) is 1. The lowest BCUT2D eigenvalue weighted by atomic mass is 10.1. The summed E-state index contributed by atoms with van der Waals surface area (Å²) in [6, 6.07) is 7.56. The van der Waals surface area contributed by atoms with Gasteiger partial charge in [0.15, 0.2) is 5.13 Å². The molecule has 1 N–H and O–H groups in total. The normalized spacial score (nSPS) is 21.6. The molecule has 0 saturated carbocycles. The molecule has 1 amide bonds. The smallest absolute Gasteiger partial charge is 0.257 e. The molecule has 1 aromatic carbocycles. The van der Waals surface area contributed by atoms with Crippen molar-refractivity contribution < 1.29 is 9.53 Å². The molecule has 1 aliphatic rings. The number of ether oxygens (including phenoxy) is 1. The van der Waals surface area contributed by atoms with E-state index in [-0.39, 0.29) is 18.1 Å². The Morgan fingerprint density at radius 3 is 2.75 bits per heavy atom. The summed E-state index contributed by atoms with van der Waals surface area (Å²) in [5.41, 5.74) is 2.63. The number of morpholine rings is 1. The van der Waals surface area contributed by atoms with Crippen LogP contribution in [0.15, 0.2) is 29.6 Å². The summed E-state index contributed by atoms with van der Waals surface area (Å²) in [7, 11) is 0. The third kappa shape index (κ3) is 4.20. The molecule has 1 saturated heterocycles. The molecule has 24 heavy (non-hydrogen) atoms. The Labute approximate surface area is 146 Å². The molecule has 2 heterocycles. The summed E-state index contributed by atoms with van der Waals surface area (Å²) in [4.78, 5) is 19.3. The molecule has 0 spiro atoms. The molecule has 2 unspecified atom stereocenters. The third-order valence-corrected chi connectivity index (χ3v) is 4.85. The number of amides is 1. The molecule has 1 aromatic heterocycles. The first-order valence-corrected chi connectivity index (χ1v) is 9.08. The molecule has 2 aromatic rings. The van der Waals surface area contributed by atoms with Crippen LogP contribution in [-0.4, -0.2) is 41.1 Å². The average Bonchev–Trinajstić information content (AvgIpc) is 2.93. The molecule has 0 bridgehead atoms. The van der Waals surface area contributed by atoms with Gasteiger partial charge in [0.2, 0.25) is 0 Å². The fourth-order valence-corrected chi connectivity index (χ4v) is 3.77. The number of benzene rings is 1. The van der Waals surface area contributed by atoms with Crippen molar-refractivity contribution in [3.05, 3.63) is 46.5 Å². The lowest BCUT2D eigenvalue weighted by Gasteiger charge is -2.34. The first-order valence-electron chi connectivity index (χ1n) is 8.20. The third-order valence-electron chi connectivity index (χ3n) is 4.04. The number of rotatable bonds is 4. The molecule has 1 aliphatic heterocycles. The van der Waals surface area contributed by atoms with Crippen LogP contribution in [-0.2, 0) is 11.3 Å². The van der Waals surface area contributed by atoms with E-state index in [0.29, 0.717) is 10.7 Å². The second-order valence-electron chi connectivity index (χ2n) is 6.36. The van der Waals surface area contributed by atoms with Gasteiger partial charge in [0.1, 0.15) is 0 Å². The van der Waals surface area contributed by atoms with Crippen molar-refractivity contribution in [1.29, 1.82) is 0 Å². The van der Waals surface area contributed by atoms with E-state index in [0.717, 1.165) is 30.9 Å². The van der Waals surface area contributed by atoms with Crippen LogP contribution in [0.1, 0.15) is 35.5 Å². The van der Waals surface area contributed by atoms with Crippen LogP contribution in [0.5, 0.6) is 0 Å². The highest BCUT2D eigenvalue weighted by molar-refractivity contribution is 7.13. The van der Waals surface area contributed by atoms with Crippen molar-refractivity contribution in [2.75, 3.05) is 18.4 Å². The quantitative estimate of drug-likeness (QED) is 0.924. The van der Waals surface area contributed by atoms with E-state index < -0.39 is 0 Å². The molecular formula is C18H23N3O2S. The number of thiazole rings is 1. The summed E-state index contributed by atoms with van der Waals surface area (Å²) in [6.45, 7) is 8.73. The molecule has 2 atom stereocenters. The van der Waals surface area contributed by atoms with E-state index in [9.17, 15) is 4.79 Å². The van der Waals surface area contributed by atoms with Crippen molar-refractivity contribution in [2.45, 2.75) is 39.5 Å². The lowest BCUT2D eigenvalue weighted by Crippen LogP contribution is -2.44. The standard InChI is InChI=1S/C18H23N3O2S/c1-12-6-4-5-7-16(12)17(22)20-18-19-15(11-24-18)10-21-8-13(2)23-14(3)9-21/h4-7,11,13-14H,8-10H2,1-3H3,(H,19,20,22). The highest BCUT2D eigenvalue weighted by atomic mass is 32.1. The second kappa shape index (κ2) is 7.42. The van der Waals surface area contributed by atoms with Crippen LogP contribution >= 0.6 is 11.3 Å². The number of aryl methyl sites for hydroxylation is 1. The maximum atomic E-state index is 12.3. The Kier molecular flexibility index (Phi) is 5.28. The second-order valence-corrected chi connectivity index (χ2v) is 7.22. The van der Waals surface area contributed by atoms with Gasteiger partial charge in [-0.15, -0.1) is 11.3 Å². The van der Waals surface area contributed by atoms with E-state index in [4.69, 9.17) is 4.74 Å². The van der Waals surface area contributed by atoms with Gasteiger partial charge in [-0.3, -0.25) is 15.0 Å². The van der Waals surface area contributed by atoms with Crippen LogP contribution in [0.25, 0.3) is 0 Å². The Morgan fingerprint density at radius 1 is 1.33 bits per heavy atom. The van der Waals surface area contributed by atoms with E-state index >= 15 is 0 Å². The fourth-order valence-electron chi connectivity index (χ4n) is 3.07. The van der Waals surface area contributed by atoms with Gasteiger partial charge in [0, 0.05) is 30.6 Å². The van der Waals surface area contributed by atoms with Crippen molar-refractivity contribution in [1.82, 2.24) is 9.88 Å². The van der Waals surface area contributed by atoms with Gasteiger partial charge >= 0.3 is 0 Å². The van der Waals surface area contributed by atoms with Crippen LogP contribution < -0.4 is 5.32 Å². The van der Waals surface area contributed by atoms with Gasteiger partial charge in [-0.2, -0.15) is 0 Å². The van der Waals surface area contributed by atoms with Crippen molar-refractivity contribution in [3.8, 4) is 0 Å². The number of anilines is 1. The number of aromatic nitrogens is 1. The largest absolute Gasteiger partial charge is 0.373 e. The van der Waals surface area contributed by atoms with Gasteiger partial charge in [0.25, 0.3) is 5.91 Å². The molecule has 1 fully saturated rings. The van der Waals surface area contributed by atoms with Crippen LogP contribution in [0.4, 0.5) is 5.13 Å². The number of carbonyl (C=O) groups excluding carboxylic acids is 1. The molecule has 128 valence electrons. The Balaban J connectivity index is 1.61. The zero-order valence-electron chi connectivity index (χ0n) is 14.3. The maximum absolute atomic E-state index is 12.3. The van der Waals surface area contributed by atoms with E-state index in [2.05, 4.69) is 29.0 Å². The first kappa shape index (κ1) is 17.1. The SMILES string of the molecule is Cc1ccccc1C(=O)Nc1nc(CN2CC(C)OC(C)C2)cs1. The van der Waals surface area contributed by atoms with Gasteiger partial charge in [-0.05, 0) is 32.4 Å². The summed E-state index contributed by atoms with van der Waals surface area (Å²) in [5.74, 6) is -0.109. The minimum Gasteiger partial charge on any atom is -0.373 e. The molecule has 0 aliphatic carbocycles. The fraction of sp³-hybridized carbons (Fsp3) is 0.444. The highest BCUT2D eigenvalue weighted by Crippen LogP contribution is 2.20.